The van der Waals surface area contributed by atoms with Crippen molar-refractivity contribution >= 4 is 17.5 Å². The lowest BCUT2D eigenvalue weighted by atomic mass is 10.2. The van der Waals surface area contributed by atoms with Gasteiger partial charge >= 0.3 is 6.18 Å². The summed E-state index contributed by atoms with van der Waals surface area (Å²) in [5.41, 5.74) is 0. The van der Waals surface area contributed by atoms with Crippen LogP contribution in [0.2, 0.25) is 0 Å². The topological polar surface area (TPSA) is 38.3 Å². The van der Waals surface area contributed by atoms with E-state index in [-0.39, 0.29) is 11.9 Å². The van der Waals surface area contributed by atoms with Crippen LogP contribution >= 0.6 is 11.6 Å². The number of amides is 1. The molecule has 0 aliphatic rings. The van der Waals surface area contributed by atoms with E-state index in [0.717, 1.165) is 0 Å². The second kappa shape index (κ2) is 7.73. The van der Waals surface area contributed by atoms with Gasteiger partial charge in [0.25, 0.3) is 0 Å². The Kier molecular flexibility index (Phi) is 7.49. The Morgan fingerprint density at radius 2 is 2.12 bits per heavy atom. The summed E-state index contributed by atoms with van der Waals surface area (Å²) >= 11 is 5.76. The van der Waals surface area contributed by atoms with E-state index in [1.165, 1.54) is 7.11 Å². The van der Waals surface area contributed by atoms with E-state index in [4.69, 9.17) is 16.3 Å². The molecule has 16 heavy (non-hydrogen) atoms. The molecule has 0 heterocycles. The first-order valence-corrected chi connectivity index (χ1v) is 5.25. The Labute approximate surface area is 97.3 Å². The highest BCUT2D eigenvalue weighted by Crippen LogP contribution is 2.20. The summed E-state index contributed by atoms with van der Waals surface area (Å²) in [6.45, 7) is 0.605. The first-order chi connectivity index (χ1) is 7.35. The van der Waals surface area contributed by atoms with Crippen molar-refractivity contribution in [3.8, 4) is 0 Å². The molecule has 0 bridgehead atoms. The monoisotopic (exact) mass is 261 g/mol. The van der Waals surface area contributed by atoms with Crippen molar-refractivity contribution in [3.05, 3.63) is 0 Å². The Bertz CT molecular complexity index is 211. The summed E-state index contributed by atoms with van der Waals surface area (Å²) in [7, 11) is 1.50. The van der Waals surface area contributed by atoms with E-state index in [1.807, 2.05) is 0 Å². The zero-order valence-electron chi connectivity index (χ0n) is 8.94. The molecule has 0 saturated carbocycles. The molecule has 0 rings (SSSR count). The van der Waals surface area contributed by atoms with Gasteiger partial charge < -0.3 is 10.1 Å². The van der Waals surface area contributed by atoms with Gasteiger partial charge in [0.1, 0.15) is 0 Å². The molecule has 3 nitrogen and oxygen atoms in total. The number of rotatable bonds is 7. The zero-order valence-corrected chi connectivity index (χ0v) is 9.70. The van der Waals surface area contributed by atoms with Crippen LogP contribution in [0.3, 0.4) is 0 Å². The fraction of sp³-hybridized carbons (Fsp3) is 0.889. The van der Waals surface area contributed by atoms with Crippen molar-refractivity contribution in [2.24, 2.45) is 0 Å². The van der Waals surface area contributed by atoms with Gasteiger partial charge in [-0.1, -0.05) is 0 Å². The van der Waals surface area contributed by atoms with Crippen LogP contribution < -0.4 is 5.32 Å². The quantitative estimate of drug-likeness (QED) is 0.713. The Morgan fingerprint density at radius 3 is 2.62 bits per heavy atom. The fourth-order valence-corrected chi connectivity index (χ4v) is 1.21. The van der Waals surface area contributed by atoms with Gasteiger partial charge in [-0.25, -0.2) is 0 Å². The zero-order chi connectivity index (χ0) is 12.6. The molecule has 0 aromatic carbocycles. The third kappa shape index (κ3) is 10.0. The molecule has 0 aliphatic heterocycles. The van der Waals surface area contributed by atoms with Gasteiger partial charge in [-0.15, -0.1) is 11.6 Å². The van der Waals surface area contributed by atoms with Crippen LogP contribution in [-0.4, -0.2) is 37.7 Å². The van der Waals surface area contributed by atoms with Gasteiger partial charge in [0.2, 0.25) is 5.91 Å². The predicted octanol–water partition coefficient (Wildman–Crippen LogP) is 2.09. The number of hydrogen-bond donors (Lipinski definition) is 1. The molecule has 1 amide bonds. The van der Waals surface area contributed by atoms with Crippen molar-refractivity contribution in [2.75, 3.05) is 20.3 Å². The molecule has 0 aliphatic carbocycles. The van der Waals surface area contributed by atoms with Crippen LogP contribution in [0.5, 0.6) is 0 Å². The number of methoxy groups -OCH3 is 1. The maximum atomic E-state index is 11.7. The molecule has 0 fully saturated rings. The first-order valence-electron chi connectivity index (χ1n) is 4.81. The molecule has 0 spiro atoms. The Morgan fingerprint density at radius 1 is 1.50 bits per heavy atom. The Balaban J connectivity index is 3.51. The molecule has 0 aromatic rings. The average Bonchev–Trinajstić information content (AvgIpc) is 2.14. The van der Waals surface area contributed by atoms with Crippen LogP contribution in [0.15, 0.2) is 0 Å². The third-order valence-corrected chi connectivity index (χ3v) is 2.11. The van der Waals surface area contributed by atoms with E-state index in [9.17, 15) is 18.0 Å². The van der Waals surface area contributed by atoms with E-state index in [1.54, 1.807) is 0 Å². The molecular weight excluding hydrogens is 247 g/mol. The van der Waals surface area contributed by atoms with Crippen molar-refractivity contribution < 1.29 is 22.7 Å². The van der Waals surface area contributed by atoms with Crippen molar-refractivity contribution in [1.82, 2.24) is 5.32 Å². The van der Waals surface area contributed by atoms with Gasteiger partial charge in [0, 0.05) is 20.1 Å². The molecule has 1 unspecified atom stereocenters. The molecule has 7 heteroatoms. The molecule has 0 aromatic heterocycles. The van der Waals surface area contributed by atoms with Crippen molar-refractivity contribution in [1.29, 1.82) is 0 Å². The smallest absolute Gasteiger partial charge is 0.383 e. The largest absolute Gasteiger partial charge is 0.389 e. The first kappa shape index (κ1) is 15.5. The summed E-state index contributed by atoms with van der Waals surface area (Å²) < 4.78 is 40.0. The number of carbonyl (C=O) groups is 1. The maximum Gasteiger partial charge on any atom is 0.389 e. The van der Waals surface area contributed by atoms with Crippen molar-refractivity contribution in [2.45, 2.75) is 30.8 Å². The van der Waals surface area contributed by atoms with Crippen LogP contribution in [-0.2, 0) is 9.53 Å². The second-order valence-electron chi connectivity index (χ2n) is 3.31. The fourth-order valence-electron chi connectivity index (χ4n) is 0.976. The minimum Gasteiger partial charge on any atom is -0.383 e. The highest BCUT2D eigenvalue weighted by Gasteiger charge is 2.27. The van der Waals surface area contributed by atoms with Gasteiger partial charge in [0.15, 0.2) is 0 Å². The maximum absolute atomic E-state index is 11.7. The van der Waals surface area contributed by atoms with Crippen LogP contribution in [0.25, 0.3) is 0 Å². The molecule has 1 atom stereocenters. The van der Waals surface area contributed by atoms with Crippen LogP contribution in [0.1, 0.15) is 19.3 Å². The third-order valence-electron chi connectivity index (χ3n) is 1.76. The summed E-state index contributed by atoms with van der Waals surface area (Å²) in [6.07, 6.45) is -5.46. The lowest BCUT2D eigenvalue weighted by molar-refractivity contribution is -0.144. The summed E-state index contributed by atoms with van der Waals surface area (Å²) in [4.78, 5) is 10.9. The SMILES string of the molecule is COCC(Cl)CCNC(=O)CCC(F)(F)F. The van der Waals surface area contributed by atoms with E-state index < -0.39 is 24.9 Å². The minimum absolute atomic E-state index is 0.243. The standard InChI is InChI=1S/C9H15ClF3NO2/c1-16-6-7(10)3-5-14-8(15)2-4-9(11,12)13/h7H,2-6H2,1H3,(H,14,15). The van der Waals surface area contributed by atoms with Gasteiger partial charge in [-0.2, -0.15) is 13.2 Å². The normalized spacial score (nSPS) is 13.6. The Hall–Kier alpha value is -0.490. The van der Waals surface area contributed by atoms with E-state index in [0.29, 0.717) is 13.0 Å². The number of nitrogens with one attached hydrogen (secondary N) is 1. The number of halogens is 4. The summed E-state index contributed by atoms with van der Waals surface area (Å²) in [5, 5.41) is 2.12. The lowest BCUT2D eigenvalue weighted by Crippen LogP contribution is -2.28. The molecular formula is C9H15ClF3NO2. The summed E-state index contributed by atoms with van der Waals surface area (Å²) in [5.74, 6) is -0.612. The number of carbonyl (C=O) groups excluding carboxylic acids is 1. The molecule has 0 saturated heterocycles. The number of hydrogen-bond acceptors (Lipinski definition) is 2. The van der Waals surface area contributed by atoms with Gasteiger partial charge in [-0.05, 0) is 6.42 Å². The van der Waals surface area contributed by atoms with Crippen LogP contribution in [0, 0.1) is 0 Å². The molecule has 96 valence electrons. The lowest BCUT2D eigenvalue weighted by Gasteiger charge is -2.10. The van der Waals surface area contributed by atoms with E-state index in [2.05, 4.69) is 5.32 Å². The average molecular weight is 262 g/mol. The van der Waals surface area contributed by atoms with Gasteiger partial charge in [-0.3, -0.25) is 4.79 Å². The van der Waals surface area contributed by atoms with E-state index >= 15 is 0 Å². The summed E-state index contributed by atoms with van der Waals surface area (Å²) in [6, 6.07) is 0. The number of ether oxygens (including phenoxy) is 1. The minimum atomic E-state index is -4.29. The highest BCUT2D eigenvalue weighted by molar-refractivity contribution is 6.20. The molecule has 1 N–H and O–H groups in total. The predicted molar refractivity (Wildman–Crippen MR) is 54.4 cm³/mol. The van der Waals surface area contributed by atoms with Crippen LogP contribution in [0.4, 0.5) is 13.2 Å². The van der Waals surface area contributed by atoms with Crippen molar-refractivity contribution in [3.63, 3.8) is 0 Å². The highest BCUT2D eigenvalue weighted by atomic mass is 35.5. The van der Waals surface area contributed by atoms with Gasteiger partial charge in [0.05, 0.1) is 18.4 Å². The molecule has 0 radical (unpaired) electrons. The number of alkyl halides is 4. The second-order valence-corrected chi connectivity index (χ2v) is 3.92.